The summed E-state index contributed by atoms with van der Waals surface area (Å²) in [5.74, 6) is 4.04. The van der Waals surface area contributed by atoms with Crippen LogP contribution in [0.3, 0.4) is 0 Å². The average Bonchev–Trinajstić information content (AvgIpc) is 0.752. The number of allylic oxidation sites excluding steroid dienone is 4. The molecule has 0 radical (unpaired) electrons. The van der Waals surface area contributed by atoms with Crippen molar-refractivity contribution in [2.24, 2.45) is 107 Å². The van der Waals surface area contributed by atoms with Gasteiger partial charge in [-0.15, -0.1) is 0 Å². The fourth-order valence-corrected chi connectivity index (χ4v) is 16.6. The van der Waals surface area contributed by atoms with Gasteiger partial charge in [-0.1, -0.05) is 195 Å². The van der Waals surface area contributed by atoms with E-state index < -0.39 is 71.7 Å². The molecule has 28 heteroatoms. The maximum atomic E-state index is 12.3. The largest absolute Gasteiger partial charge is 1.00 e. The zero-order valence-corrected chi connectivity index (χ0v) is 73.6. The number of aliphatic hydroxyl groups is 9. The molecule has 3 aliphatic carbocycles. The van der Waals surface area contributed by atoms with Crippen LogP contribution in [-0.2, 0) is 69.4 Å². The number of ether oxygens (including phenoxy) is 3. The molecule has 2 unspecified atom stereocenters. The first-order valence-corrected chi connectivity index (χ1v) is 43.4. The molecular formula is C78H150LiO24P3. The number of hydrogen-bond donors (Lipinski definition) is 9. The van der Waals surface area contributed by atoms with Crippen molar-refractivity contribution in [1.29, 1.82) is 0 Å². The molecule has 6 rings (SSSR count). The Morgan fingerprint density at radius 1 is 0.481 bits per heavy atom. The topological polar surface area (TPSA) is 368 Å². The van der Waals surface area contributed by atoms with Crippen molar-refractivity contribution in [3.63, 3.8) is 0 Å². The van der Waals surface area contributed by atoms with Gasteiger partial charge in [0.25, 0.3) is 0 Å². The summed E-state index contributed by atoms with van der Waals surface area (Å²) in [7, 11) is -1.57. The molecule has 24 nitrogen and oxygen atoms in total. The minimum absolute atomic E-state index is 0. The van der Waals surface area contributed by atoms with Crippen molar-refractivity contribution in [3.8, 4) is 0 Å². The summed E-state index contributed by atoms with van der Waals surface area (Å²) >= 11 is 0. The Labute approximate surface area is 652 Å². The fourth-order valence-electron chi connectivity index (χ4n) is 13.9. The molecule has 0 bridgehead atoms. The first-order valence-electron chi connectivity index (χ1n) is 38.3. The van der Waals surface area contributed by atoms with Gasteiger partial charge in [0.2, 0.25) is 0 Å². The Bertz CT molecular complexity index is 2640. The normalized spacial score (nSPS) is 35.1. The van der Waals surface area contributed by atoms with E-state index in [9.17, 15) is 53.6 Å². The van der Waals surface area contributed by atoms with E-state index in [1.165, 1.54) is 59.4 Å². The van der Waals surface area contributed by atoms with E-state index in [1.807, 2.05) is 61.5 Å². The second kappa shape index (κ2) is 51.3. The summed E-state index contributed by atoms with van der Waals surface area (Å²) in [5.41, 5.74) is 4.17. The maximum absolute atomic E-state index is 12.3. The van der Waals surface area contributed by atoms with Gasteiger partial charge in [-0.25, -0.2) is 11.5 Å². The number of ketones is 1. The van der Waals surface area contributed by atoms with E-state index in [0.29, 0.717) is 77.3 Å². The summed E-state index contributed by atoms with van der Waals surface area (Å²) in [4.78, 5) is 33.4. The van der Waals surface area contributed by atoms with E-state index in [4.69, 9.17) is 48.0 Å². The van der Waals surface area contributed by atoms with Crippen LogP contribution < -0.4 is 18.9 Å². The molecule has 3 aliphatic heterocycles. The van der Waals surface area contributed by atoms with E-state index in [0.717, 1.165) is 32.1 Å². The van der Waals surface area contributed by atoms with Crippen molar-refractivity contribution in [2.45, 2.75) is 272 Å². The van der Waals surface area contributed by atoms with Crippen LogP contribution in [0.5, 0.6) is 0 Å². The SMILES string of the molecule is CCC1=CC(=O)[C@H](C)[C@@H](C)[C@@H]1C.CCC1=C[C@@H](O)[C@H](C)[C@@H](C)[C@@H]1C.CCC1=C[C@H](O)[C@H](C)[C@@H](C)[C@@H]1C.CC[C@@H](O)[C@@H](C)[C@H](C)[C@@H](C)C(O)CP(=O)(OC)OC.CC[C@H]1OC(=O)[C@H](C)[C@@H](C)[C@@H]1C.CC[C@H]1OC(O)(CP(=O)(OC)OC)[C@H](C)[C@@H](C)[C@@H]1C.O=C1O[C@H](CO)[C@@H](O)[C@H](O)[C@H]1O.[CH2-]P(=O)(OC)OC.[Li+]. The molecule has 3 fully saturated rings. The second-order valence-corrected chi connectivity index (χ2v) is 36.9. The fraction of sp³-hybridized carbons (Fsp3) is 0.872. The Morgan fingerprint density at radius 3 is 1.24 bits per heavy atom. The average molecular weight is 1570 g/mol. The molecule has 0 aromatic rings. The quantitative estimate of drug-likeness (QED) is 0.0169. The first-order chi connectivity index (χ1) is 48.4. The van der Waals surface area contributed by atoms with Gasteiger partial charge in [-0.05, 0) is 133 Å². The second-order valence-electron chi connectivity index (χ2n) is 30.4. The minimum Gasteiger partial charge on any atom is -0.462 e. The number of carbonyl (C=O) groups excluding carboxylic acids is 3. The summed E-state index contributed by atoms with van der Waals surface area (Å²) < 4.78 is 78.3. The van der Waals surface area contributed by atoms with Crippen molar-refractivity contribution in [1.82, 2.24) is 0 Å². The number of rotatable bonds is 21. The van der Waals surface area contributed by atoms with Crippen LogP contribution in [0, 0.1) is 113 Å². The molecule has 3 heterocycles. The molecular weight excluding hydrogens is 1420 g/mol. The Kier molecular flexibility index (Phi) is 52.6. The van der Waals surface area contributed by atoms with Crippen molar-refractivity contribution < 1.29 is 134 Å². The zero-order chi connectivity index (χ0) is 82.5. The molecule has 0 aromatic carbocycles. The third kappa shape index (κ3) is 32.4. The molecule has 0 spiro atoms. The van der Waals surface area contributed by atoms with E-state index in [1.54, 1.807) is 0 Å². The van der Waals surface area contributed by atoms with Gasteiger partial charge in [0.05, 0.1) is 49.2 Å². The summed E-state index contributed by atoms with van der Waals surface area (Å²) in [6.45, 7) is 53.0. The number of cyclic esters (lactones) is 2. The van der Waals surface area contributed by atoms with E-state index in [-0.39, 0.29) is 109 Å². The number of carbonyl (C=O) groups is 3. The first kappa shape index (κ1) is 109. The third-order valence-electron chi connectivity index (χ3n) is 24.9. The third-order valence-corrected chi connectivity index (χ3v) is 29.9. The predicted molar refractivity (Wildman–Crippen MR) is 415 cm³/mol. The molecule has 0 amide bonds. The van der Waals surface area contributed by atoms with Crippen LogP contribution in [0.25, 0.3) is 0 Å². The van der Waals surface area contributed by atoms with Crippen LogP contribution in [0.4, 0.5) is 0 Å². The van der Waals surface area contributed by atoms with Gasteiger partial charge in [0.15, 0.2) is 31.4 Å². The van der Waals surface area contributed by atoms with Gasteiger partial charge in [0, 0.05) is 54.5 Å². The number of esters is 2. The smallest absolute Gasteiger partial charge is 0.462 e. The summed E-state index contributed by atoms with van der Waals surface area (Å²) in [6, 6.07) is 0. The molecule has 0 saturated carbocycles. The molecule has 9 N–H and O–H groups in total. The molecule has 106 heavy (non-hydrogen) atoms. The van der Waals surface area contributed by atoms with Crippen molar-refractivity contribution in [3.05, 3.63) is 41.6 Å². The van der Waals surface area contributed by atoms with Gasteiger partial charge in [-0.2, -0.15) is 0 Å². The standard InChI is InChI=1S/C13H27O5P.C13H29O5P.2C11H20O.C11H18O.C10H18O2.C6H10O6.C3H8O3P.Li/c1-7-12-10(3)9(2)11(4)13(14,18-12)8-19(15,16-5)17-6;1-7-12(14)10(3)9(2)11(4)13(15)8-19(16,17-5)18-6;3*1-5-10-6-11(12)9(4)7(2)8(10)3;1-5-9-7(3)6(2)8(4)10(11)12-9;7-1-2-3(8)4(9)5(10)6(11)12-2;1-5-7(3,4)6-2;/h9-12,14H,7-8H2,1-6H3;9-15H,7-8H2,1-6H3;2*6-9,11-12H,5H2,1-4H3;2*6-9H,5H2,1-4H3;2-5,7-10H,1H2;3H2,1-2H3;/q;;;;;;;-1;+1/t2*9-,10-,11+,12+,13?;7-,8-,9+,11+;7-,8-,9+,11-;7-,8-,9+;6-,7-,8+,9+;2-,3-,4+,5-;;/m0000001../s1. The van der Waals surface area contributed by atoms with Crippen LogP contribution in [0.1, 0.15) is 205 Å². The Balaban J connectivity index is -0.00000116. The van der Waals surface area contributed by atoms with Gasteiger partial charge >= 0.3 is 46.0 Å². The van der Waals surface area contributed by atoms with Crippen LogP contribution in [-0.4, -0.2) is 192 Å². The number of aliphatic hydroxyl groups excluding tert-OH is 8. The van der Waals surface area contributed by atoms with E-state index >= 15 is 0 Å². The minimum atomic E-state index is -3.31. The van der Waals surface area contributed by atoms with Gasteiger partial charge in [-0.3, -0.25) is 23.3 Å². The number of hydrogen-bond acceptors (Lipinski definition) is 24. The maximum Gasteiger partial charge on any atom is 1.00 e. The monoisotopic (exact) mass is 1570 g/mol. The Morgan fingerprint density at radius 2 is 0.868 bits per heavy atom. The van der Waals surface area contributed by atoms with Crippen LogP contribution >= 0.6 is 22.8 Å². The molecule has 622 valence electrons. The van der Waals surface area contributed by atoms with Crippen LogP contribution in [0.2, 0.25) is 0 Å². The molecule has 6 aliphatic rings. The summed E-state index contributed by atoms with van der Waals surface area (Å²) in [6.07, 6.45) is 3.96. The van der Waals surface area contributed by atoms with Crippen LogP contribution in [0.15, 0.2) is 34.9 Å². The molecule has 29 atom stereocenters. The molecule has 3 saturated heterocycles. The zero-order valence-electron chi connectivity index (χ0n) is 71.0. The van der Waals surface area contributed by atoms with Crippen molar-refractivity contribution in [2.75, 3.05) is 61.6 Å². The van der Waals surface area contributed by atoms with Gasteiger partial charge in [0.1, 0.15) is 24.5 Å². The molecule has 0 aromatic heterocycles. The van der Waals surface area contributed by atoms with E-state index in [2.05, 4.69) is 143 Å². The van der Waals surface area contributed by atoms with Gasteiger partial charge < -0.3 is 87.3 Å². The Hall–Kier alpha value is -1.52. The van der Waals surface area contributed by atoms with Crippen molar-refractivity contribution >= 4 is 40.5 Å². The summed E-state index contributed by atoms with van der Waals surface area (Å²) in [5, 5.41) is 85.7. The predicted octanol–water partition coefficient (Wildman–Crippen LogP) is 10.9.